The number of hydrogen-bond acceptors (Lipinski definition) is 7. The van der Waals surface area contributed by atoms with E-state index in [4.69, 9.17) is 4.74 Å². The van der Waals surface area contributed by atoms with Crippen LogP contribution < -0.4 is 4.90 Å². The molecule has 0 saturated carbocycles. The molecule has 2 aliphatic heterocycles. The van der Waals surface area contributed by atoms with Gasteiger partial charge in [0.2, 0.25) is 5.91 Å². The van der Waals surface area contributed by atoms with Crippen molar-refractivity contribution in [3.05, 3.63) is 30.9 Å². The number of ether oxygens (including phenoxy) is 1. The van der Waals surface area contributed by atoms with Crippen molar-refractivity contribution in [2.75, 3.05) is 38.2 Å². The van der Waals surface area contributed by atoms with Gasteiger partial charge >= 0.3 is 5.97 Å². The number of carbonyl (C=O) groups is 2. The summed E-state index contributed by atoms with van der Waals surface area (Å²) in [6.07, 6.45) is 8.25. The smallest absolute Gasteiger partial charge is 0.308 e. The number of piperidine rings is 2. The van der Waals surface area contributed by atoms with Gasteiger partial charge in [-0.25, -0.2) is 14.6 Å². The minimum atomic E-state index is -0.169. The highest BCUT2D eigenvalue weighted by molar-refractivity contribution is 5.80. The van der Waals surface area contributed by atoms with Gasteiger partial charge in [-0.15, -0.1) is 0 Å². The molecule has 154 valence electrons. The van der Waals surface area contributed by atoms with Crippen LogP contribution in [0.2, 0.25) is 0 Å². The average molecular weight is 398 g/mol. The van der Waals surface area contributed by atoms with E-state index >= 15 is 0 Å². The Labute approximate surface area is 169 Å². The van der Waals surface area contributed by atoms with Crippen molar-refractivity contribution in [2.24, 2.45) is 11.8 Å². The van der Waals surface area contributed by atoms with Crippen LogP contribution in [0.3, 0.4) is 0 Å². The fourth-order valence-corrected chi connectivity index (χ4v) is 4.19. The number of anilines is 1. The van der Waals surface area contributed by atoms with Gasteiger partial charge < -0.3 is 14.5 Å². The maximum Gasteiger partial charge on any atom is 0.308 e. The lowest BCUT2D eigenvalue weighted by Crippen LogP contribution is -2.48. The number of nitrogens with zero attached hydrogens (tertiary/aromatic N) is 6. The van der Waals surface area contributed by atoms with Crippen molar-refractivity contribution < 1.29 is 14.3 Å². The molecule has 2 aromatic heterocycles. The van der Waals surface area contributed by atoms with Gasteiger partial charge in [-0.2, -0.15) is 5.10 Å². The molecule has 29 heavy (non-hydrogen) atoms. The lowest BCUT2D eigenvalue weighted by atomic mass is 9.93. The first-order valence-corrected chi connectivity index (χ1v) is 10.1. The minimum Gasteiger partial charge on any atom is -0.469 e. The van der Waals surface area contributed by atoms with Gasteiger partial charge in [0.1, 0.15) is 12.1 Å². The molecule has 9 nitrogen and oxygen atoms in total. The molecular formula is C20H26N6O3. The summed E-state index contributed by atoms with van der Waals surface area (Å²) in [5.74, 6) is 1.39. The standard InChI is InChI=1S/C20H26N6O3/c1-29-20(28)15-5-10-24(11-6-15)19(27)16-4-2-8-25(13-16)17-12-18(22-14-21-17)26-9-3-7-23-26/h3,7,9,12,14-16H,2,4-6,8,10-11,13H2,1H3. The van der Waals surface area contributed by atoms with E-state index < -0.39 is 0 Å². The van der Waals surface area contributed by atoms with Gasteiger partial charge in [-0.3, -0.25) is 9.59 Å². The molecule has 0 aliphatic carbocycles. The van der Waals surface area contributed by atoms with E-state index in [1.54, 1.807) is 10.9 Å². The summed E-state index contributed by atoms with van der Waals surface area (Å²) in [7, 11) is 1.42. The summed E-state index contributed by atoms with van der Waals surface area (Å²) in [6, 6.07) is 3.75. The van der Waals surface area contributed by atoms with Crippen molar-refractivity contribution in [3.8, 4) is 5.82 Å². The molecule has 1 atom stereocenters. The molecule has 0 aromatic carbocycles. The zero-order valence-electron chi connectivity index (χ0n) is 16.6. The van der Waals surface area contributed by atoms with Crippen molar-refractivity contribution >= 4 is 17.7 Å². The first-order chi connectivity index (χ1) is 14.2. The largest absolute Gasteiger partial charge is 0.469 e. The lowest BCUT2D eigenvalue weighted by Gasteiger charge is -2.37. The second-order valence-corrected chi connectivity index (χ2v) is 7.59. The van der Waals surface area contributed by atoms with Crippen LogP contribution in [-0.2, 0) is 14.3 Å². The summed E-state index contributed by atoms with van der Waals surface area (Å²) in [5.41, 5.74) is 0. The number of aromatic nitrogens is 4. The molecule has 0 N–H and O–H groups in total. The SMILES string of the molecule is COC(=O)C1CCN(C(=O)C2CCCN(c3cc(-n4cccn4)ncn3)C2)CC1. The van der Waals surface area contributed by atoms with Crippen LogP contribution in [0.4, 0.5) is 5.82 Å². The van der Waals surface area contributed by atoms with Crippen LogP contribution >= 0.6 is 0 Å². The van der Waals surface area contributed by atoms with Crippen molar-refractivity contribution in [1.29, 1.82) is 0 Å². The molecule has 0 radical (unpaired) electrons. The fraction of sp³-hybridized carbons (Fsp3) is 0.550. The van der Waals surface area contributed by atoms with Crippen LogP contribution in [0.5, 0.6) is 0 Å². The molecule has 0 spiro atoms. The third-order valence-corrected chi connectivity index (χ3v) is 5.81. The van der Waals surface area contributed by atoms with Gasteiger partial charge in [-0.05, 0) is 31.7 Å². The number of esters is 1. The molecule has 2 aliphatic rings. The zero-order valence-corrected chi connectivity index (χ0v) is 16.6. The molecule has 1 amide bonds. The third kappa shape index (κ3) is 4.23. The van der Waals surface area contributed by atoms with Crippen molar-refractivity contribution in [2.45, 2.75) is 25.7 Å². The van der Waals surface area contributed by atoms with Crippen LogP contribution in [0.15, 0.2) is 30.9 Å². The fourth-order valence-electron chi connectivity index (χ4n) is 4.19. The zero-order chi connectivity index (χ0) is 20.2. The van der Waals surface area contributed by atoms with E-state index in [9.17, 15) is 9.59 Å². The van der Waals surface area contributed by atoms with Gasteiger partial charge in [0.25, 0.3) is 0 Å². The van der Waals surface area contributed by atoms with E-state index in [1.165, 1.54) is 13.4 Å². The second-order valence-electron chi connectivity index (χ2n) is 7.59. The van der Waals surface area contributed by atoms with Crippen molar-refractivity contribution in [1.82, 2.24) is 24.6 Å². The highest BCUT2D eigenvalue weighted by Crippen LogP contribution is 2.26. The predicted molar refractivity (Wildman–Crippen MR) is 105 cm³/mol. The third-order valence-electron chi connectivity index (χ3n) is 5.81. The first kappa shape index (κ1) is 19.4. The van der Waals surface area contributed by atoms with E-state index in [2.05, 4.69) is 20.0 Å². The van der Waals surface area contributed by atoms with Gasteiger partial charge in [0, 0.05) is 44.6 Å². The molecular weight excluding hydrogens is 372 g/mol. The summed E-state index contributed by atoms with van der Waals surface area (Å²) in [5, 5.41) is 4.22. The quantitative estimate of drug-likeness (QED) is 0.717. The Hall–Kier alpha value is -2.97. The van der Waals surface area contributed by atoms with E-state index in [1.807, 2.05) is 23.2 Å². The molecule has 9 heteroatoms. The maximum absolute atomic E-state index is 13.1. The lowest BCUT2D eigenvalue weighted by molar-refractivity contribution is -0.149. The molecule has 2 aromatic rings. The Morgan fingerprint density at radius 1 is 1.07 bits per heavy atom. The highest BCUT2D eigenvalue weighted by atomic mass is 16.5. The van der Waals surface area contributed by atoms with E-state index in [0.717, 1.165) is 25.2 Å². The Balaban J connectivity index is 1.39. The van der Waals surface area contributed by atoms with Crippen LogP contribution in [0.1, 0.15) is 25.7 Å². The predicted octanol–water partition coefficient (Wildman–Crippen LogP) is 1.29. The van der Waals surface area contributed by atoms with Crippen LogP contribution in [0.25, 0.3) is 5.82 Å². The number of amides is 1. The number of methoxy groups -OCH3 is 1. The normalized spacial score (nSPS) is 20.5. The summed E-state index contributed by atoms with van der Waals surface area (Å²) in [6.45, 7) is 2.74. The molecule has 1 unspecified atom stereocenters. The Bertz CT molecular complexity index is 848. The van der Waals surface area contributed by atoms with Gasteiger partial charge in [0.05, 0.1) is 18.9 Å². The number of carbonyl (C=O) groups excluding carboxylic acids is 2. The second kappa shape index (κ2) is 8.59. The summed E-state index contributed by atoms with van der Waals surface area (Å²) < 4.78 is 6.53. The number of rotatable bonds is 4. The average Bonchev–Trinajstić information content (AvgIpc) is 3.33. The first-order valence-electron chi connectivity index (χ1n) is 10.1. The minimum absolute atomic E-state index is 0.0541. The highest BCUT2D eigenvalue weighted by Gasteiger charge is 2.33. The van der Waals surface area contributed by atoms with Crippen LogP contribution in [-0.4, -0.2) is 69.8 Å². The number of hydrogen-bond donors (Lipinski definition) is 0. The molecule has 4 rings (SSSR count). The molecule has 4 heterocycles. The van der Waals surface area contributed by atoms with E-state index in [-0.39, 0.29) is 23.7 Å². The van der Waals surface area contributed by atoms with Gasteiger partial charge in [-0.1, -0.05) is 0 Å². The maximum atomic E-state index is 13.1. The molecule has 2 fully saturated rings. The number of likely N-dealkylation sites (tertiary alicyclic amines) is 1. The molecule has 0 bridgehead atoms. The summed E-state index contributed by atoms with van der Waals surface area (Å²) in [4.78, 5) is 37.5. The Morgan fingerprint density at radius 2 is 1.86 bits per heavy atom. The topological polar surface area (TPSA) is 93.5 Å². The Morgan fingerprint density at radius 3 is 2.59 bits per heavy atom. The van der Waals surface area contributed by atoms with Crippen LogP contribution in [0, 0.1) is 11.8 Å². The van der Waals surface area contributed by atoms with Gasteiger partial charge in [0.15, 0.2) is 5.82 Å². The van der Waals surface area contributed by atoms with Crippen molar-refractivity contribution in [3.63, 3.8) is 0 Å². The van der Waals surface area contributed by atoms with E-state index in [0.29, 0.717) is 38.3 Å². The summed E-state index contributed by atoms with van der Waals surface area (Å²) >= 11 is 0. The molecule has 2 saturated heterocycles. The Kier molecular flexibility index (Phi) is 5.73. The monoisotopic (exact) mass is 398 g/mol.